The van der Waals surface area contributed by atoms with Crippen LogP contribution in [0.1, 0.15) is 66.2 Å². The highest BCUT2D eigenvalue weighted by molar-refractivity contribution is 5.72. The summed E-state index contributed by atoms with van der Waals surface area (Å²) in [6, 6.07) is 0. The van der Waals surface area contributed by atoms with Crippen molar-refractivity contribution in [3.63, 3.8) is 0 Å². The molecule has 128 valence electrons. The first-order valence-electron chi connectivity index (χ1n) is 8.96. The van der Waals surface area contributed by atoms with Gasteiger partial charge in [0, 0.05) is 11.8 Å². The van der Waals surface area contributed by atoms with E-state index in [0.29, 0.717) is 18.8 Å². The highest BCUT2D eigenvalue weighted by Gasteiger charge is 2.63. The number of rotatable bonds is 2. The monoisotopic (exact) mass is 318 g/mol. The van der Waals surface area contributed by atoms with Crippen molar-refractivity contribution >= 4 is 5.97 Å². The van der Waals surface area contributed by atoms with Gasteiger partial charge in [-0.15, -0.1) is 0 Å². The summed E-state index contributed by atoms with van der Waals surface area (Å²) in [5.74, 6) is 0.445. The Morgan fingerprint density at radius 2 is 2.04 bits per heavy atom. The number of allylic oxidation sites excluding steroid dienone is 1. The fourth-order valence-electron chi connectivity index (χ4n) is 5.32. The maximum atomic E-state index is 12.1. The SMILES string of the molecule is C=C(C)[C@H]1CCC2=C[C@@](O)(C(C)C)CC[C@]23OC(=O)CC[C@]13C. The Morgan fingerprint density at radius 3 is 2.65 bits per heavy atom. The molecule has 0 unspecified atom stereocenters. The van der Waals surface area contributed by atoms with Gasteiger partial charge in [-0.3, -0.25) is 4.79 Å². The molecule has 2 aliphatic carbocycles. The molecule has 4 atom stereocenters. The summed E-state index contributed by atoms with van der Waals surface area (Å²) >= 11 is 0. The first kappa shape index (κ1) is 16.8. The molecule has 0 aromatic carbocycles. The third-order valence-corrected chi connectivity index (χ3v) is 6.95. The molecule has 3 aliphatic rings. The van der Waals surface area contributed by atoms with Crippen LogP contribution in [0, 0.1) is 17.3 Å². The molecule has 1 aliphatic heterocycles. The van der Waals surface area contributed by atoms with Gasteiger partial charge >= 0.3 is 5.97 Å². The van der Waals surface area contributed by atoms with Crippen LogP contribution in [0.2, 0.25) is 0 Å². The molecule has 0 amide bonds. The van der Waals surface area contributed by atoms with Crippen LogP contribution in [0.25, 0.3) is 0 Å². The standard InChI is InChI=1S/C20H30O3/c1-13(2)16-7-6-15-12-19(22,14(3)4)10-11-20(15)18(16,5)9-8-17(21)23-20/h12,14,16,22H,1,6-11H2,2-5H3/t16-,18-,19-,20+/m1/s1. The maximum Gasteiger partial charge on any atom is 0.306 e. The van der Waals surface area contributed by atoms with E-state index in [1.165, 1.54) is 5.57 Å². The van der Waals surface area contributed by atoms with Crippen LogP contribution in [0.5, 0.6) is 0 Å². The van der Waals surface area contributed by atoms with Crippen molar-refractivity contribution in [2.75, 3.05) is 0 Å². The van der Waals surface area contributed by atoms with Gasteiger partial charge in [0.2, 0.25) is 0 Å². The van der Waals surface area contributed by atoms with Crippen molar-refractivity contribution in [1.82, 2.24) is 0 Å². The molecular weight excluding hydrogens is 288 g/mol. The van der Waals surface area contributed by atoms with Crippen LogP contribution in [0.3, 0.4) is 0 Å². The molecule has 3 heteroatoms. The van der Waals surface area contributed by atoms with Gasteiger partial charge in [0.15, 0.2) is 0 Å². The quantitative estimate of drug-likeness (QED) is 0.614. The highest BCUT2D eigenvalue weighted by atomic mass is 16.6. The fourth-order valence-corrected chi connectivity index (χ4v) is 5.32. The normalized spacial score (nSPS) is 43.3. The minimum Gasteiger partial charge on any atom is -0.454 e. The van der Waals surface area contributed by atoms with Gasteiger partial charge in [0.25, 0.3) is 0 Å². The maximum absolute atomic E-state index is 12.1. The third kappa shape index (κ3) is 2.23. The van der Waals surface area contributed by atoms with E-state index in [1.54, 1.807) is 0 Å². The number of carbonyl (C=O) groups excluding carboxylic acids is 1. The molecule has 0 aromatic heterocycles. The van der Waals surface area contributed by atoms with Crippen molar-refractivity contribution in [2.45, 2.75) is 77.4 Å². The largest absolute Gasteiger partial charge is 0.454 e. The molecule has 1 saturated carbocycles. The van der Waals surface area contributed by atoms with Gasteiger partial charge < -0.3 is 9.84 Å². The van der Waals surface area contributed by atoms with Gasteiger partial charge in [-0.05, 0) is 62.5 Å². The van der Waals surface area contributed by atoms with E-state index in [9.17, 15) is 9.90 Å². The Kier molecular flexibility index (Phi) is 3.79. The summed E-state index contributed by atoms with van der Waals surface area (Å²) in [4.78, 5) is 12.1. The molecule has 0 radical (unpaired) electrons. The summed E-state index contributed by atoms with van der Waals surface area (Å²) in [6.07, 6.45) is 6.66. The molecule has 1 spiro atoms. The number of carbonyl (C=O) groups is 1. The molecule has 23 heavy (non-hydrogen) atoms. The van der Waals surface area contributed by atoms with E-state index in [2.05, 4.69) is 34.3 Å². The predicted octanol–water partition coefficient (Wildman–Crippen LogP) is 4.16. The molecule has 0 bridgehead atoms. The number of hydrogen-bond donors (Lipinski definition) is 1. The second kappa shape index (κ2) is 5.20. The number of esters is 1. The minimum absolute atomic E-state index is 0.0919. The van der Waals surface area contributed by atoms with Crippen molar-refractivity contribution in [3.05, 3.63) is 23.8 Å². The molecule has 2 fully saturated rings. The van der Waals surface area contributed by atoms with Gasteiger partial charge in [-0.1, -0.05) is 32.9 Å². The Bertz CT molecular complexity index is 575. The predicted molar refractivity (Wildman–Crippen MR) is 90.8 cm³/mol. The summed E-state index contributed by atoms with van der Waals surface area (Å²) in [6.45, 7) is 12.7. The van der Waals surface area contributed by atoms with Crippen LogP contribution in [0.15, 0.2) is 23.8 Å². The Morgan fingerprint density at radius 1 is 1.35 bits per heavy atom. The smallest absolute Gasteiger partial charge is 0.306 e. The van der Waals surface area contributed by atoms with E-state index >= 15 is 0 Å². The minimum atomic E-state index is -0.776. The van der Waals surface area contributed by atoms with Crippen molar-refractivity contribution in [2.24, 2.45) is 17.3 Å². The highest BCUT2D eigenvalue weighted by Crippen LogP contribution is 2.63. The van der Waals surface area contributed by atoms with Crippen molar-refractivity contribution < 1.29 is 14.6 Å². The lowest BCUT2D eigenvalue weighted by atomic mass is 9.49. The Hall–Kier alpha value is -1.09. The summed E-state index contributed by atoms with van der Waals surface area (Å²) in [5, 5.41) is 11.0. The van der Waals surface area contributed by atoms with Gasteiger partial charge in [-0.25, -0.2) is 0 Å². The lowest BCUT2D eigenvalue weighted by molar-refractivity contribution is -0.201. The summed E-state index contributed by atoms with van der Waals surface area (Å²) < 4.78 is 6.08. The van der Waals surface area contributed by atoms with Crippen LogP contribution >= 0.6 is 0 Å². The molecule has 1 heterocycles. The third-order valence-electron chi connectivity index (χ3n) is 6.95. The van der Waals surface area contributed by atoms with E-state index in [-0.39, 0.29) is 17.3 Å². The Balaban J connectivity index is 2.12. The van der Waals surface area contributed by atoms with Gasteiger partial charge in [0.1, 0.15) is 5.60 Å². The molecule has 1 saturated heterocycles. The van der Waals surface area contributed by atoms with Crippen LogP contribution in [-0.4, -0.2) is 22.3 Å². The van der Waals surface area contributed by atoms with E-state index < -0.39 is 11.2 Å². The molecule has 3 nitrogen and oxygen atoms in total. The van der Waals surface area contributed by atoms with Crippen LogP contribution in [-0.2, 0) is 9.53 Å². The van der Waals surface area contributed by atoms with Gasteiger partial charge in [-0.2, -0.15) is 0 Å². The zero-order valence-corrected chi connectivity index (χ0v) is 14.9. The fraction of sp³-hybridized carbons (Fsp3) is 0.750. The number of ether oxygens (including phenoxy) is 1. The average molecular weight is 318 g/mol. The first-order chi connectivity index (χ1) is 10.6. The van der Waals surface area contributed by atoms with Crippen molar-refractivity contribution in [1.29, 1.82) is 0 Å². The summed E-state index contributed by atoms with van der Waals surface area (Å²) in [5.41, 5.74) is 0.920. The van der Waals surface area contributed by atoms with E-state index in [4.69, 9.17) is 4.74 Å². The Labute approximate surface area is 139 Å². The number of aliphatic hydroxyl groups is 1. The molecule has 3 rings (SSSR count). The number of hydrogen-bond acceptors (Lipinski definition) is 3. The lowest BCUT2D eigenvalue weighted by Crippen LogP contribution is -2.62. The van der Waals surface area contributed by atoms with Crippen molar-refractivity contribution in [3.8, 4) is 0 Å². The van der Waals surface area contributed by atoms with E-state index in [0.717, 1.165) is 31.3 Å². The topological polar surface area (TPSA) is 46.5 Å². The average Bonchev–Trinajstić information content (AvgIpc) is 2.46. The van der Waals surface area contributed by atoms with Crippen LogP contribution < -0.4 is 0 Å². The molecular formula is C20H30O3. The zero-order valence-electron chi connectivity index (χ0n) is 14.9. The second-order valence-corrected chi connectivity index (χ2v) is 8.47. The van der Waals surface area contributed by atoms with E-state index in [1.807, 2.05) is 6.08 Å². The summed E-state index contributed by atoms with van der Waals surface area (Å²) in [7, 11) is 0. The first-order valence-corrected chi connectivity index (χ1v) is 8.96. The zero-order chi connectivity index (χ0) is 17.0. The molecule has 0 aromatic rings. The molecule has 1 N–H and O–H groups in total. The second-order valence-electron chi connectivity index (χ2n) is 8.47. The lowest BCUT2D eigenvalue weighted by Gasteiger charge is -2.61. The van der Waals surface area contributed by atoms with Gasteiger partial charge in [0.05, 0.1) is 5.60 Å². The van der Waals surface area contributed by atoms with Crippen LogP contribution in [0.4, 0.5) is 0 Å².